The van der Waals surface area contributed by atoms with Gasteiger partial charge in [0, 0.05) is 21.3 Å². The van der Waals surface area contributed by atoms with Crippen molar-refractivity contribution >= 4 is 49.1 Å². The second-order valence-corrected chi connectivity index (χ2v) is 11.3. The van der Waals surface area contributed by atoms with Gasteiger partial charge < -0.3 is 21.4 Å². The number of nitrogen functional groups attached to an aromatic ring is 1. The number of aliphatic hydroxyl groups excluding tert-OH is 1. The van der Waals surface area contributed by atoms with Crippen LogP contribution in [0.1, 0.15) is 56.4 Å². The van der Waals surface area contributed by atoms with Crippen LogP contribution in [0.25, 0.3) is 0 Å². The van der Waals surface area contributed by atoms with Crippen LogP contribution in [-0.4, -0.2) is 29.9 Å². The first-order valence-electron chi connectivity index (χ1n) is 12.1. The fraction of sp³-hybridized carbons (Fsp3) is 0.379. The number of aryl methyl sites for hydroxylation is 6. The molecule has 0 aliphatic heterocycles. The zero-order valence-corrected chi connectivity index (χ0v) is 32.9. The Kier molecular flexibility index (Phi) is 29.6. The zero-order chi connectivity index (χ0) is 31.7. The van der Waals surface area contributed by atoms with Gasteiger partial charge in [-0.1, -0.05) is 23.2 Å². The van der Waals surface area contributed by atoms with Crippen molar-refractivity contribution in [2.75, 3.05) is 20.0 Å². The number of nitrogens with two attached hydrogens (primary N) is 1. The van der Waals surface area contributed by atoms with Gasteiger partial charge in [-0.15, -0.1) is 0 Å². The van der Waals surface area contributed by atoms with E-state index in [0.29, 0.717) is 23.8 Å². The van der Waals surface area contributed by atoms with E-state index in [-0.39, 0.29) is 56.9 Å². The van der Waals surface area contributed by atoms with Gasteiger partial charge in [0.1, 0.15) is 13.2 Å². The van der Waals surface area contributed by atoms with Crippen molar-refractivity contribution in [3.8, 4) is 0 Å². The maximum absolute atomic E-state index is 8.99. The molecule has 0 amide bonds. The van der Waals surface area contributed by atoms with Crippen LogP contribution in [0, 0.1) is 41.5 Å². The maximum atomic E-state index is 8.99. The van der Waals surface area contributed by atoms with Crippen LogP contribution in [0.2, 0.25) is 10.0 Å². The van der Waals surface area contributed by atoms with Crippen LogP contribution in [0.15, 0.2) is 36.4 Å². The second-order valence-electron chi connectivity index (χ2n) is 8.88. The fourth-order valence-corrected chi connectivity index (χ4v) is 4.64. The fourth-order valence-electron chi connectivity index (χ4n) is 3.99. The van der Waals surface area contributed by atoms with E-state index in [9.17, 15) is 0 Å². The summed E-state index contributed by atoms with van der Waals surface area (Å²) in [5, 5.41) is 19.4. The van der Waals surface area contributed by atoms with Gasteiger partial charge in [-0.25, -0.2) is 19.6 Å². The molecule has 0 spiro atoms. The minimum Gasteiger partial charge on any atom is -0.870 e. The molecule has 0 saturated heterocycles. The summed E-state index contributed by atoms with van der Waals surface area (Å²) < 4.78 is 0. The summed E-state index contributed by atoms with van der Waals surface area (Å²) >= 11 is 12.4. The molecule has 243 valence electrons. The van der Waals surface area contributed by atoms with Crippen molar-refractivity contribution in [3.63, 3.8) is 0 Å². The Labute approximate surface area is 322 Å². The molecule has 0 aromatic heterocycles. The molecule has 0 unspecified atom stereocenters. The molecule has 0 saturated carbocycles. The third kappa shape index (κ3) is 19.0. The van der Waals surface area contributed by atoms with Crippen molar-refractivity contribution in [2.45, 2.75) is 61.0 Å². The Morgan fingerprint density at radius 2 is 0.953 bits per heavy atom. The maximum Gasteiger partial charge on any atom is 1.00 e. The number of aliphatic hydroxyl groups is 2. The van der Waals surface area contributed by atoms with Gasteiger partial charge in [-0.05, 0) is 122 Å². The number of hydrogen-bond acceptors (Lipinski definition) is 8. The summed E-state index contributed by atoms with van der Waals surface area (Å²) in [6.45, 7) is 12.6. The Bertz CT molecular complexity index is 1090. The number of anilines is 1. The van der Waals surface area contributed by atoms with Crippen LogP contribution in [0.3, 0.4) is 0 Å². The van der Waals surface area contributed by atoms with Crippen LogP contribution < -0.4 is 57.1 Å². The molecule has 14 heteroatoms. The summed E-state index contributed by atoms with van der Waals surface area (Å²) in [5.41, 5.74) is 15.4. The van der Waals surface area contributed by atoms with E-state index in [4.69, 9.17) is 48.9 Å². The molecule has 0 heterocycles. The topological polar surface area (TPSA) is 133 Å². The summed E-state index contributed by atoms with van der Waals surface area (Å²) in [7, 11) is 12.3. The van der Waals surface area contributed by atoms with E-state index in [1.165, 1.54) is 14.2 Å². The zero-order valence-electron chi connectivity index (χ0n) is 25.8. The third-order valence-electron chi connectivity index (χ3n) is 5.84. The molecule has 0 radical (unpaired) electrons. The third-order valence-corrected chi connectivity index (χ3v) is 6.27. The van der Waals surface area contributed by atoms with Gasteiger partial charge in [0.2, 0.25) is 0 Å². The van der Waals surface area contributed by atoms with E-state index >= 15 is 0 Å². The van der Waals surface area contributed by atoms with Crippen molar-refractivity contribution in [1.82, 2.24) is 0 Å². The van der Waals surface area contributed by atoms with Gasteiger partial charge in [0.15, 0.2) is 6.29 Å². The van der Waals surface area contributed by atoms with Gasteiger partial charge in [0.25, 0.3) is 0 Å². The van der Waals surface area contributed by atoms with Crippen molar-refractivity contribution < 1.29 is 99.8 Å². The number of halogens is 4. The van der Waals surface area contributed by atoms with E-state index in [1.807, 2.05) is 52.0 Å². The van der Waals surface area contributed by atoms with E-state index in [2.05, 4.69) is 30.0 Å². The summed E-state index contributed by atoms with van der Waals surface area (Å²) in [6.07, 6.45) is -1.41. The Morgan fingerprint density at radius 3 is 1.23 bits per heavy atom. The van der Waals surface area contributed by atoms with E-state index in [0.717, 1.165) is 68.4 Å². The van der Waals surface area contributed by atoms with Crippen molar-refractivity contribution in [2.24, 2.45) is 0 Å². The van der Waals surface area contributed by atoms with Crippen LogP contribution >= 0.6 is 43.4 Å². The van der Waals surface area contributed by atoms with Gasteiger partial charge in [-0.3, -0.25) is 0 Å². The smallest absolute Gasteiger partial charge is 0.870 e. The predicted octanol–water partition coefficient (Wildman–Crippen LogP) is 5.14. The van der Waals surface area contributed by atoms with Crippen LogP contribution in [-0.2, 0) is 45.9 Å². The molecule has 43 heavy (non-hydrogen) atoms. The molecular formula is C29H40Cl4CuKNO7. The Hall–Kier alpha value is 0.496. The average molecular weight is 759 g/mol. The first kappa shape index (κ1) is 47.9. The normalized spacial score (nSPS) is 9.84. The minimum atomic E-state index is -1.41. The van der Waals surface area contributed by atoms with E-state index < -0.39 is 6.29 Å². The largest absolute Gasteiger partial charge is 1.00 e. The van der Waals surface area contributed by atoms with Gasteiger partial charge in [0.05, 0.1) is 14.2 Å². The minimum absolute atomic E-state index is 0. The number of benzene rings is 3. The molecule has 8 nitrogen and oxygen atoms in total. The molecule has 3 rings (SSSR count). The first-order chi connectivity index (χ1) is 19.2. The molecule has 3 aromatic rings. The van der Waals surface area contributed by atoms with Crippen LogP contribution in [0.4, 0.5) is 5.69 Å². The Morgan fingerprint density at radius 1 is 0.674 bits per heavy atom. The standard InChI is InChI=1S/C10H13ClO2.C10H15NO2.C9H11ClO2.2ClH.Cu.K.H2O/c2*1-7-4-9(11)5-8(2)10(7)6-13-12-3;1-5-3-7(10)4-6(2)8(5)9(11)12;;;;;/h4-5H,6H2,1-3H3;4-5H,6,11H2,1-3H3;3-4,9,11-12H,1-2H3;2*1H;;;1H2/q;;;;;+2;+1;/p-3. The summed E-state index contributed by atoms with van der Waals surface area (Å²) in [5.74, 6) is 0. The van der Waals surface area contributed by atoms with Gasteiger partial charge in [-0.2, -0.15) is 0 Å². The molecule has 0 aliphatic carbocycles. The predicted molar refractivity (Wildman–Crippen MR) is 167 cm³/mol. The van der Waals surface area contributed by atoms with Crippen molar-refractivity contribution in [1.29, 1.82) is 0 Å². The summed E-state index contributed by atoms with van der Waals surface area (Å²) in [6, 6.07) is 11.1. The SMILES string of the molecule is COOCc1c(C)cc(Cl)cc1C.COOCc1c(C)cc(N)cc1C.Cc1cc(Cl)cc(C)c1C(O)O.[Cl][Cu][Cl].[K+].[OH-]. The molecule has 3 aromatic carbocycles. The van der Waals surface area contributed by atoms with Crippen molar-refractivity contribution in [3.05, 3.63) is 96.5 Å². The van der Waals surface area contributed by atoms with E-state index in [1.54, 1.807) is 26.0 Å². The van der Waals surface area contributed by atoms with Crippen LogP contribution in [0.5, 0.6) is 0 Å². The van der Waals surface area contributed by atoms with Gasteiger partial charge >= 0.3 is 84.7 Å². The quantitative estimate of drug-likeness (QED) is 0.0993. The monoisotopic (exact) mass is 756 g/mol. The molecule has 5 N–H and O–H groups in total. The molecule has 0 fully saturated rings. The Balaban J connectivity index is -0.000000522. The molecular weight excluding hydrogens is 719 g/mol. The summed E-state index contributed by atoms with van der Waals surface area (Å²) in [4.78, 5) is 18.9. The molecule has 0 aliphatic rings. The number of hydrogen-bond donors (Lipinski definition) is 3. The molecule has 0 atom stereocenters. The molecule has 0 bridgehead atoms. The first-order valence-corrected chi connectivity index (χ1v) is 15.4. The average Bonchev–Trinajstić information content (AvgIpc) is 2.83. The number of rotatable bonds is 7. The second kappa shape index (κ2) is 26.6.